The van der Waals surface area contributed by atoms with Gasteiger partial charge < -0.3 is 0 Å². The molecule has 0 unspecified atom stereocenters. The summed E-state index contributed by atoms with van der Waals surface area (Å²) in [5.41, 5.74) is 2.74. The molecule has 0 saturated carbocycles. The second kappa shape index (κ2) is 5.46. The monoisotopic (exact) mass is 390 g/mol. The standard InChI is InChI=1S/C16H10Br2NO/c17-12-1-4-14(5-2-12)19-8-7-11(10-20)15-9-13(18)3-6-16(15)19/h1-10H/q+1. The van der Waals surface area contributed by atoms with Crippen molar-refractivity contribution in [3.63, 3.8) is 0 Å². The number of carbonyl (C=O) groups is 1. The molecule has 1 aromatic heterocycles. The fourth-order valence-electron chi connectivity index (χ4n) is 2.20. The van der Waals surface area contributed by atoms with Crippen LogP contribution in [-0.4, -0.2) is 6.29 Å². The van der Waals surface area contributed by atoms with Crippen LogP contribution in [0.5, 0.6) is 0 Å². The molecule has 3 rings (SSSR count). The number of hydrogen-bond donors (Lipinski definition) is 0. The molecule has 0 radical (unpaired) electrons. The molecular weight excluding hydrogens is 382 g/mol. The Balaban J connectivity index is 2.32. The van der Waals surface area contributed by atoms with Crippen LogP contribution in [0.15, 0.2) is 63.7 Å². The molecule has 0 fully saturated rings. The summed E-state index contributed by atoms with van der Waals surface area (Å²) < 4.78 is 4.07. The van der Waals surface area contributed by atoms with Gasteiger partial charge in [0, 0.05) is 38.8 Å². The van der Waals surface area contributed by atoms with Crippen LogP contribution in [0.25, 0.3) is 16.6 Å². The molecule has 0 amide bonds. The van der Waals surface area contributed by atoms with Gasteiger partial charge in [-0.05, 0) is 24.3 Å². The molecule has 1 heterocycles. The number of hydrogen-bond acceptors (Lipinski definition) is 1. The molecule has 0 N–H and O–H groups in total. The maximum absolute atomic E-state index is 11.2. The van der Waals surface area contributed by atoms with Gasteiger partial charge in [-0.25, -0.2) is 0 Å². The van der Waals surface area contributed by atoms with Crippen molar-refractivity contribution in [3.8, 4) is 5.69 Å². The molecule has 0 aliphatic heterocycles. The molecule has 0 saturated heterocycles. The molecule has 2 aromatic carbocycles. The minimum atomic E-state index is 0.690. The highest BCUT2D eigenvalue weighted by molar-refractivity contribution is 9.10. The number of fused-ring (bicyclic) bond motifs is 1. The topological polar surface area (TPSA) is 20.9 Å². The van der Waals surface area contributed by atoms with Crippen LogP contribution in [0.2, 0.25) is 0 Å². The van der Waals surface area contributed by atoms with Crippen molar-refractivity contribution in [3.05, 3.63) is 69.2 Å². The Hall–Kier alpha value is -1.52. The molecule has 0 aliphatic carbocycles. The van der Waals surface area contributed by atoms with Gasteiger partial charge in [-0.15, -0.1) is 0 Å². The third-order valence-electron chi connectivity index (χ3n) is 3.16. The van der Waals surface area contributed by atoms with Gasteiger partial charge in [0.25, 0.3) is 0 Å². The van der Waals surface area contributed by atoms with Gasteiger partial charge in [0.15, 0.2) is 12.5 Å². The van der Waals surface area contributed by atoms with Crippen molar-refractivity contribution in [2.45, 2.75) is 0 Å². The van der Waals surface area contributed by atoms with Gasteiger partial charge in [0.1, 0.15) is 0 Å². The fourth-order valence-corrected chi connectivity index (χ4v) is 2.83. The average Bonchev–Trinajstić information content (AvgIpc) is 2.47. The quantitative estimate of drug-likeness (QED) is 0.466. The number of rotatable bonds is 2. The first-order valence-corrected chi connectivity index (χ1v) is 7.63. The van der Waals surface area contributed by atoms with Crippen LogP contribution in [0.4, 0.5) is 0 Å². The molecule has 20 heavy (non-hydrogen) atoms. The zero-order valence-electron chi connectivity index (χ0n) is 10.4. The van der Waals surface area contributed by atoms with Gasteiger partial charge in [-0.2, -0.15) is 4.57 Å². The van der Waals surface area contributed by atoms with Crippen molar-refractivity contribution < 1.29 is 9.36 Å². The lowest BCUT2D eigenvalue weighted by atomic mass is 10.1. The Morgan fingerprint density at radius 2 is 1.60 bits per heavy atom. The van der Waals surface area contributed by atoms with Crippen LogP contribution in [0.1, 0.15) is 10.4 Å². The molecule has 2 nitrogen and oxygen atoms in total. The number of halogens is 2. The average molecular weight is 392 g/mol. The van der Waals surface area contributed by atoms with E-state index in [2.05, 4.69) is 36.4 Å². The Kier molecular flexibility index (Phi) is 3.68. The zero-order chi connectivity index (χ0) is 14.1. The third-order valence-corrected chi connectivity index (χ3v) is 4.19. The minimum Gasteiger partial charge on any atom is -0.298 e. The largest absolute Gasteiger partial charge is 0.298 e. The third kappa shape index (κ3) is 2.41. The van der Waals surface area contributed by atoms with E-state index in [1.54, 1.807) is 0 Å². The summed E-state index contributed by atoms with van der Waals surface area (Å²) in [5, 5.41) is 0.930. The normalized spacial score (nSPS) is 10.7. The highest BCUT2D eigenvalue weighted by Crippen LogP contribution is 2.21. The predicted octanol–water partition coefficient (Wildman–Crippen LogP) is 4.45. The van der Waals surface area contributed by atoms with Crippen LogP contribution in [0, 0.1) is 0 Å². The molecular formula is C16H10Br2NO+. The van der Waals surface area contributed by atoms with E-state index in [4.69, 9.17) is 0 Å². The smallest absolute Gasteiger partial charge is 0.219 e. The number of aromatic nitrogens is 1. The summed E-state index contributed by atoms with van der Waals surface area (Å²) in [4.78, 5) is 11.2. The highest BCUT2D eigenvalue weighted by atomic mass is 79.9. The predicted molar refractivity (Wildman–Crippen MR) is 86.3 cm³/mol. The molecule has 98 valence electrons. The molecule has 0 bridgehead atoms. The van der Waals surface area contributed by atoms with Gasteiger partial charge in [0.05, 0.1) is 5.39 Å². The summed E-state index contributed by atoms with van der Waals surface area (Å²) in [5.74, 6) is 0. The first-order valence-electron chi connectivity index (χ1n) is 6.04. The maximum Gasteiger partial charge on any atom is 0.219 e. The van der Waals surface area contributed by atoms with Crippen LogP contribution in [0.3, 0.4) is 0 Å². The lowest BCUT2D eigenvalue weighted by molar-refractivity contribution is -0.567. The van der Waals surface area contributed by atoms with E-state index in [0.717, 1.165) is 31.8 Å². The highest BCUT2D eigenvalue weighted by Gasteiger charge is 2.15. The van der Waals surface area contributed by atoms with Crippen LogP contribution in [-0.2, 0) is 0 Å². The van der Waals surface area contributed by atoms with E-state index in [9.17, 15) is 4.79 Å². The number of aldehydes is 1. The lowest BCUT2D eigenvalue weighted by Gasteiger charge is -2.03. The lowest BCUT2D eigenvalue weighted by Crippen LogP contribution is -2.31. The van der Waals surface area contributed by atoms with Gasteiger partial charge in [-0.3, -0.25) is 4.79 Å². The molecule has 3 aromatic rings. The van der Waals surface area contributed by atoms with E-state index in [1.165, 1.54) is 0 Å². The first-order chi connectivity index (χ1) is 9.69. The summed E-state index contributed by atoms with van der Waals surface area (Å²) >= 11 is 6.89. The van der Waals surface area contributed by atoms with E-state index in [-0.39, 0.29) is 0 Å². The van der Waals surface area contributed by atoms with Crippen molar-refractivity contribution in [1.82, 2.24) is 0 Å². The molecule has 0 spiro atoms. The first kappa shape index (κ1) is 13.5. The summed E-state index contributed by atoms with van der Waals surface area (Å²) in [6.07, 6.45) is 2.81. The van der Waals surface area contributed by atoms with Gasteiger partial charge in [-0.1, -0.05) is 31.9 Å². The zero-order valence-corrected chi connectivity index (χ0v) is 13.6. The Morgan fingerprint density at radius 3 is 2.30 bits per heavy atom. The van der Waals surface area contributed by atoms with Crippen LogP contribution >= 0.6 is 31.9 Å². The second-order valence-electron chi connectivity index (χ2n) is 4.40. The second-order valence-corrected chi connectivity index (χ2v) is 6.23. The Morgan fingerprint density at radius 1 is 0.900 bits per heavy atom. The van der Waals surface area contributed by atoms with Crippen molar-refractivity contribution in [2.75, 3.05) is 0 Å². The summed E-state index contributed by atoms with van der Waals surface area (Å²) in [6, 6.07) is 15.9. The van der Waals surface area contributed by atoms with Crippen molar-refractivity contribution in [2.24, 2.45) is 0 Å². The Labute approximate surface area is 133 Å². The Bertz CT molecular complexity index is 797. The number of benzene rings is 2. The van der Waals surface area contributed by atoms with E-state index in [1.807, 2.05) is 54.7 Å². The number of carbonyl (C=O) groups excluding carboxylic acids is 1. The van der Waals surface area contributed by atoms with Crippen molar-refractivity contribution in [1.29, 1.82) is 0 Å². The fraction of sp³-hybridized carbons (Fsp3) is 0. The van der Waals surface area contributed by atoms with E-state index < -0.39 is 0 Å². The molecule has 4 heteroatoms. The maximum atomic E-state index is 11.2. The molecule has 0 aliphatic rings. The summed E-state index contributed by atoms with van der Waals surface area (Å²) in [6.45, 7) is 0. The number of nitrogens with zero attached hydrogens (tertiary/aromatic N) is 1. The number of pyridine rings is 1. The van der Waals surface area contributed by atoms with Crippen molar-refractivity contribution >= 4 is 49.0 Å². The van der Waals surface area contributed by atoms with E-state index >= 15 is 0 Å². The summed E-state index contributed by atoms with van der Waals surface area (Å²) in [7, 11) is 0. The van der Waals surface area contributed by atoms with Gasteiger partial charge >= 0.3 is 0 Å². The van der Waals surface area contributed by atoms with Gasteiger partial charge in [0.2, 0.25) is 11.2 Å². The molecule has 0 atom stereocenters. The SMILES string of the molecule is O=Cc1cc[n+](-c2ccc(Br)cc2)c2ccc(Br)cc12. The van der Waals surface area contributed by atoms with E-state index in [0.29, 0.717) is 5.56 Å². The minimum absolute atomic E-state index is 0.690. The van der Waals surface area contributed by atoms with Crippen LogP contribution < -0.4 is 4.57 Å².